The van der Waals surface area contributed by atoms with Crippen molar-refractivity contribution in [3.63, 3.8) is 0 Å². The third-order valence-corrected chi connectivity index (χ3v) is 5.05. The van der Waals surface area contributed by atoms with Crippen LogP contribution >= 0.6 is 23.2 Å². The van der Waals surface area contributed by atoms with Crippen molar-refractivity contribution >= 4 is 40.5 Å². The summed E-state index contributed by atoms with van der Waals surface area (Å²) < 4.78 is 39.4. The molecule has 1 saturated heterocycles. The summed E-state index contributed by atoms with van der Waals surface area (Å²) in [6, 6.07) is 10.9. The fourth-order valence-corrected chi connectivity index (χ4v) is 3.51. The number of hydrogen-bond acceptors (Lipinski definition) is 3. The molecule has 0 saturated carbocycles. The van der Waals surface area contributed by atoms with Gasteiger partial charge in [0.2, 0.25) is 5.91 Å². The lowest BCUT2D eigenvalue weighted by Crippen LogP contribution is -2.48. The predicted molar refractivity (Wildman–Crippen MR) is 105 cm³/mol. The zero-order chi connectivity index (χ0) is 20.3. The number of piperazine rings is 1. The molecule has 150 valence electrons. The van der Waals surface area contributed by atoms with E-state index in [4.69, 9.17) is 23.2 Å². The third-order valence-electron chi connectivity index (χ3n) is 4.50. The van der Waals surface area contributed by atoms with Crippen LogP contribution < -0.4 is 10.2 Å². The van der Waals surface area contributed by atoms with E-state index in [0.29, 0.717) is 31.2 Å². The fourth-order valence-electron chi connectivity index (χ4n) is 3.11. The second kappa shape index (κ2) is 8.59. The second-order valence-corrected chi connectivity index (χ2v) is 7.30. The second-order valence-electron chi connectivity index (χ2n) is 6.45. The van der Waals surface area contributed by atoms with Crippen LogP contribution in [0, 0.1) is 0 Å². The molecular weight excluding hydrogens is 414 g/mol. The summed E-state index contributed by atoms with van der Waals surface area (Å²) in [4.78, 5) is 16.3. The Morgan fingerprint density at radius 2 is 1.71 bits per heavy atom. The van der Waals surface area contributed by atoms with Gasteiger partial charge in [0.05, 0.1) is 22.8 Å². The number of alkyl halides is 3. The molecule has 28 heavy (non-hydrogen) atoms. The number of rotatable bonds is 4. The van der Waals surface area contributed by atoms with Crippen molar-refractivity contribution in [3.8, 4) is 0 Å². The Labute approximate surface area is 170 Å². The topological polar surface area (TPSA) is 35.6 Å². The lowest BCUT2D eigenvalue weighted by atomic mass is 10.1. The summed E-state index contributed by atoms with van der Waals surface area (Å²) in [6.45, 7) is 2.58. The van der Waals surface area contributed by atoms with Gasteiger partial charge in [-0.1, -0.05) is 35.3 Å². The molecule has 0 aromatic heterocycles. The zero-order valence-electron chi connectivity index (χ0n) is 14.8. The van der Waals surface area contributed by atoms with Crippen LogP contribution in [-0.4, -0.2) is 43.5 Å². The van der Waals surface area contributed by atoms with E-state index < -0.39 is 23.3 Å². The lowest BCUT2D eigenvalue weighted by molar-refractivity contribution is -0.137. The van der Waals surface area contributed by atoms with Crippen molar-refractivity contribution in [3.05, 3.63) is 58.1 Å². The molecule has 2 aromatic rings. The van der Waals surface area contributed by atoms with E-state index in [1.165, 1.54) is 12.1 Å². The van der Waals surface area contributed by atoms with Crippen molar-refractivity contribution in [2.45, 2.75) is 6.18 Å². The number of benzene rings is 2. The van der Waals surface area contributed by atoms with Crippen LogP contribution in [0.3, 0.4) is 0 Å². The Morgan fingerprint density at radius 1 is 1.04 bits per heavy atom. The number of nitrogens with zero attached hydrogens (tertiary/aromatic N) is 2. The summed E-state index contributed by atoms with van der Waals surface area (Å²) in [6.07, 6.45) is -4.60. The van der Waals surface area contributed by atoms with Crippen molar-refractivity contribution < 1.29 is 18.0 Å². The molecule has 0 aliphatic carbocycles. The first-order valence-electron chi connectivity index (χ1n) is 8.62. The normalized spacial score (nSPS) is 15.5. The van der Waals surface area contributed by atoms with Crippen LogP contribution in [0.5, 0.6) is 0 Å². The highest BCUT2D eigenvalue weighted by Gasteiger charge is 2.35. The number of anilines is 2. The van der Waals surface area contributed by atoms with Crippen LogP contribution in [0.1, 0.15) is 5.56 Å². The smallest absolute Gasteiger partial charge is 0.369 e. The molecule has 2 aromatic carbocycles. The third kappa shape index (κ3) is 5.10. The average Bonchev–Trinajstić information content (AvgIpc) is 2.63. The number of nitrogens with one attached hydrogen (secondary N) is 1. The summed E-state index contributed by atoms with van der Waals surface area (Å²) in [5.74, 6) is -0.533. The van der Waals surface area contributed by atoms with Gasteiger partial charge in [-0.15, -0.1) is 0 Å². The van der Waals surface area contributed by atoms with Crippen molar-refractivity contribution in [1.82, 2.24) is 4.90 Å². The molecule has 1 aliphatic rings. The molecule has 1 aliphatic heterocycles. The Balaban J connectivity index is 1.59. The standard InChI is InChI=1S/C19H18Cl2F3N3O/c20-13-3-1-4-14(11-13)27-9-7-26(8-10-27)12-17(28)25-18-15(19(22,23)24)5-2-6-16(18)21/h1-6,11H,7-10,12H2,(H,25,28). The monoisotopic (exact) mass is 431 g/mol. The number of carbonyl (C=O) groups excluding carboxylic acids is 1. The Hall–Kier alpha value is -1.96. The Kier molecular flexibility index (Phi) is 6.37. The fraction of sp³-hybridized carbons (Fsp3) is 0.316. The zero-order valence-corrected chi connectivity index (χ0v) is 16.3. The minimum Gasteiger partial charge on any atom is -0.369 e. The number of amides is 1. The van der Waals surface area contributed by atoms with Crippen LogP contribution in [0.25, 0.3) is 0 Å². The van der Waals surface area contributed by atoms with Crippen molar-refractivity contribution in [1.29, 1.82) is 0 Å². The molecule has 0 bridgehead atoms. The minimum atomic E-state index is -4.60. The first-order chi connectivity index (χ1) is 13.2. The number of para-hydroxylation sites is 1. The van der Waals surface area contributed by atoms with Gasteiger partial charge in [-0.05, 0) is 30.3 Å². The average molecular weight is 432 g/mol. The molecule has 0 radical (unpaired) electrons. The predicted octanol–water partition coefficient (Wildman–Crippen LogP) is 4.77. The summed E-state index contributed by atoms with van der Waals surface area (Å²) in [5.41, 5.74) is -0.360. The lowest BCUT2D eigenvalue weighted by Gasteiger charge is -2.35. The van der Waals surface area contributed by atoms with E-state index in [1.807, 2.05) is 23.1 Å². The number of carbonyl (C=O) groups is 1. The van der Waals surface area contributed by atoms with E-state index in [2.05, 4.69) is 10.2 Å². The van der Waals surface area contributed by atoms with Crippen LogP contribution in [0.4, 0.5) is 24.5 Å². The molecule has 1 N–H and O–H groups in total. The summed E-state index contributed by atoms with van der Waals surface area (Å²) >= 11 is 11.9. The van der Waals surface area contributed by atoms with Gasteiger partial charge >= 0.3 is 6.18 Å². The molecule has 0 atom stereocenters. The van der Waals surface area contributed by atoms with Crippen LogP contribution in [0.2, 0.25) is 10.0 Å². The van der Waals surface area contributed by atoms with E-state index in [1.54, 1.807) is 6.07 Å². The van der Waals surface area contributed by atoms with Gasteiger partial charge in [0.15, 0.2) is 0 Å². The van der Waals surface area contributed by atoms with E-state index in [9.17, 15) is 18.0 Å². The maximum atomic E-state index is 13.1. The van der Waals surface area contributed by atoms with Gasteiger partial charge in [-0.25, -0.2) is 0 Å². The highest BCUT2D eigenvalue weighted by atomic mass is 35.5. The molecule has 1 heterocycles. The van der Waals surface area contributed by atoms with Gasteiger partial charge in [-0.2, -0.15) is 13.2 Å². The number of halogens is 5. The van der Waals surface area contributed by atoms with Crippen molar-refractivity contribution in [2.75, 3.05) is 42.9 Å². The van der Waals surface area contributed by atoms with E-state index in [0.717, 1.165) is 11.8 Å². The maximum absolute atomic E-state index is 13.1. The van der Waals surface area contributed by atoms with E-state index in [-0.39, 0.29) is 11.6 Å². The van der Waals surface area contributed by atoms with Gasteiger partial charge in [0.1, 0.15) is 0 Å². The van der Waals surface area contributed by atoms with Crippen molar-refractivity contribution in [2.24, 2.45) is 0 Å². The molecule has 0 unspecified atom stereocenters. The summed E-state index contributed by atoms with van der Waals surface area (Å²) in [7, 11) is 0. The molecule has 4 nitrogen and oxygen atoms in total. The highest BCUT2D eigenvalue weighted by molar-refractivity contribution is 6.34. The van der Waals surface area contributed by atoms with Crippen LogP contribution in [-0.2, 0) is 11.0 Å². The molecular formula is C19H18Cl2F3N3O. The summed E-state index contributed by atoms with van der Waals surface area (Å²) in [5, 5.41) is 2.83. The molecule has 1 amide bonds. The highest BCUT2D eigenvalue weighted by Crippen LogP contribution is 2.38. The first kappa shape index (κ1) is 20.8. The minimum absolute atomic E-state index is 0.00803. The molecule has 1 fully saturated rings. The quantitative estimate of drug-likeness (QED) is 0.756. The SMILES string of the molecule is O=C(CN1CCN(c2cccc(Cl)c2)CC1)Nc1c(Cl)cccc1C(F)(F)F. The molecule has 9 heteroatoms. The van der Waals surface area contributed by atoms with E-state index >= 15 is 0 Å². The van der Waals surface area contributed by atoms with Gasteiger partial charge < -0.3 is 10.2 Å². The maximum Gasteiger partial charge on any atom is 0.418 e. The van der Waals surface area contributed by atoms with Gasteiger partial charge in [0.25, 0.3) is 0 Å². The molecule has 0 spiro atoms. The molecule has 3 rings (SSSR count). The van der Waals surface area contributed by atoms with Crippen LogP contribution in [0.15, 0.2) is 42.5 Å². The van der Waals surface area contributed by atoms with Gasteiger partial charge in [-0.3, -0.25) is 9.69 Å². The Morgan fingerprint density at radius 3 is 2.36 bits per heavy atom. The first-order valence-corrected chi connectivity index (χ1v) is 9.38. The number of hydrogen-bond donors (Lipinski definition) is 1. The Bertz CT molecular complexity index is 853. The van der Waals surface area contributed by atoms with Gasteiger partial charge in [0, 0.05) is 36.9 Å². The largest absolute Gasteiger partial charge is 0.418 e.